The molecular formula is C15H14ClN3O. The van der Waals surface area contributed by atoms with Gasteiger partial charge in [-0.25, -0.2) is 4.68 Å². The maximum absolute atomic E-state index is 6.04. The Kier molecular flexibility index (Phi) is 3.32. The van der Waals surface area contributed by atoms with Gasteiger partial charge in [-0.1, -0.05) is 6.07 Å². The zero-order valence-corrected chi connectivity index (χ0v) is 12.1. The van der Waals surface area contributed by atoms with Gasteiger partial charge in [0.05, 0.1) is 22.7 Å². The van der Waals surface area contributed by atoms with E-state index in [4.69, 9.17) is 16.3 Å². The summed E-state index contributed by atoms with van der Waals surface area (Å²) in [5.74, 6) is 1.80. The first-order valence-electron chi connectivity index (χ1n) is 6.30. The number of nitrogens with zero attached hydrogens (tertiary/aromatic N) is 3. The average Bonchev–Trinajstić information content (AvgIpc) is 2.73. The first-order chi connectivity index (χ1) is 9.70. The van der Waals surface area contributed by atoms with Crippen molar-refractivity contribution in [3.05, 3.63) is 47.8 Å². The molecule has 102 valence electrons. The molecule has 3 aromatic rings. The fraction of sp³-hybridized carbons (Fsp3) is 0.200. The smallest absolute Gasteiger partial charge is 0.222 e. The minimum atomic E-state index is 0.373. The van der Waals surface area contributed by atoms with Gasteiger partial charge in [0.2, 0.25) is 5.88 Å². The number of benzene rings is 1. The molecule has 2 heterocycles. The number of pyridine rings is 1. The second-order valence-electron chi connectivity index (χ2n) is 4.55. The van der Waals surface area contributed by atoms with E-state index in [1.807, 2.05) is 44.3 Å². The van der Waals surface area contributed by atoms with Gasteiger partial charge in [0.25, 0.3) is 0 Å². The van der Waals surface area contributed by atoms with Crippen molar-refractivity contribution in [2.75, 3.05) is 0 Å². The second kappa shape index (κ2) is 5.13. The predicted octanol–water partition coefficient (Wildman–Crippen LogP) is 3.81. The van der Waals surface area contributed by atoms with Crippen molar-refractivity contribution in [3.63, 3.8) is 0 Å². The summed E-state index contributed by atoms with van der Waals surface area (Å²) in [5.41, 5.74) is 2.70. The fourth-order valence-electron chi connectivity index (χ4n) is 2.23. The standard InChI is InChI=1S/C15H14ClN3O/c1-10-12(9-16)15(19(2)18-10)20-14-7-3-6-13-11(14)5-4-8-17-13/h3-8H,9H2,1-2H3. The van der Waals surface area contributed by atoms with Crippen LogP contribution < -0.4 is 4.74 Å². The number of alkyl halides is 1. The van der Waals surface area contributed by atoms with Crippen LogP contribution in [0, 0.1) is 6.92 Å². The van der Waals surface area contributed by atoms with Crippen molar-refractivity contribution in [1.29, 1.82) is 0 Å². The Bertz CT molecular complexity index is 762. The largest absolute Gasteiger partial charge is 0.438 e. The third kappa shape index (κ3) is 2.12. The van der Waals surface area contributed by atoms with Crippen molar-refractivity contribution in [1.82, 2.24) is 14.8 Å². The molecule has 1 aromatic carbocycles. The molecule has 0 saturated carbocycles. The summed E-state index contributed by atoms with van der Waals surface area (Å²) < 4.78 is 7.75. The van der Waals surface area contributed by atoms with Gasteiger partial charge < -0.3 is 4.74 Å². The van der Waals surface area contributed by atoms with Crippen LogP contribution in [0.4, 0.5) is 0 Å². The Morgan fingerprint density at radius 3 is 2.90 bits per heavy atom. The molecule has 0 bridgehead atoms. The van der Waals surface area contributed by atoms with Crippen LogP contribution in [0.15, 0.2) is 36.5 Å². The number of ether oxygens (including phenoxy) is 1. The molecule has 0 radical (unpaired) electrons. The van der Waals surface area contributed by atoms with Gasteiger partial charge in [0.15, 0.2) is 0 Å². The summed E-state index contributed by atoms with van der Waals surface area (Å²) in [6.45, 7) is 1.93. The molecule has 3 rings (SSSR count). The van der Waals surface area contributed by atoms with Crippen molar-refractivity contribution in [2.45, 2.75) is 12.8 Å². The van der Waals surface area contributed by atoms with Crippen LogP contribution in [0.3, 0.4) is 0 Å². The zero-order chi connectivity index (χ0) is 14.1. The van der Waals surface area contributed by atoms with Crippen LogP contribution in [-0.4, -0.2) is 14.8 Å². The third-order valence-corrected chi connectivity index (χ3v) is 3.50. The molecule has 0 spiro atoms. The van der Waals surface area contributed by atoms with E-state index < -0.39 is 0 Å². The van der Waals surface area contributed by atoms with Crippen LogP contribution >= 0.6 is 11.6 Å². The predicted molar refractivity (Wildman–Crippen MR) is 79.3 cm³/mol. The molecule has 2 aromatic heterocycles. The van der Waals surface area contributed by atoms with Crippen molar-refractivity contribution >= 4 is 22.5 Å². The molecule has 20 heavy (non-hydrogen) atoms. The lowest BCUT2D eigenvalue weighted by molar-refractivity contribution is 0.431. The van der Waals surface area contributed by atoms with Gasteiger partial charge in [0.1, 0.15) is 5.75 Å². The number of rotatable bonds is 3. The van der Waals surface area contributed by atoms with Crippen molar-refractivity contribution in [2.24, 2.45) is 7.05 Å². The number of hydrogen-bond donors (Lipinski definition) is 0. The highest BCUT2D eigenvalue weighted by molar-refractivity contribution is 6.17. The van der Waals surface area contributed by atoms with E-state index in [-0.39, 0.29) is 0 Å². The summed E-state index contributed by atoms with van der Waals surface area (Å²) in [6.07, 6.45) is 1.77. The number of fused-ring (bicyclic) bond motifs is 1. The van der Waals surface area contributed by atoms with E-state index in [1.54, 1.807) is 10.9 Å². The Balaban J connectivity index is 2.10. The summed E-state index contributed by atoms with van der Waals surface area (Å²) in [6, 6.07) is 9.69. The number of halogens is 1. The first-order valence-corrected chi connectivity index (χ1v) is 6.84. The van der Waals surface area contributed by atoms with Crippen molar-refractivity contribution in [3.8, 4) is 11.6 Å². The lowest BCUT2D eigenvalue weighted by atomic mass is 10.2. The molecule has 0 aliphatic heterocycles. The molecule has 5 heteroatoms. The van der Waals surface area contributed by atoms with Crippen LogP contribution in [0.2, 0.25) is 0 Å². The van der Waals surface area contributed by atoms with E-state index in [0.717, 1.165) is 27.9 Å². The summed E-state index contributed by atoms with van der Waals surface area (Å²) >= 11 is 5.99. The Morgan fingerprint density at radius 1 is 1.25 bits per heavy atom. The third-order valence-electron chi connectivity index (χ3n) is 3.23. The number of hydrogen-bond acceptors (Lipinski definition) is 3. The number of aromatic nitrogens is 3. The molecule has 0 aliphatic carbocycles. The minimum Gasteiger partial charge on any atom is -0.438 e. The minimum absolute atomic E-state index is 0.373. The van der Waals surface area contributed by atoms with E-state index in [9.17, 15) is 0 Å². The zero-order valence-electron chi connectivity index (χ0n) is 11.3. The van der Waals surface area contributed by atoms with Gasteiger partial charge in [-0.15, -0.1) is 11.6 Å². The van der Waals surface area contributed by atoms with Crippen LogP contribution in [0.25, 0.3) is 10.9 Å². The maximum atomic E-state index is 6.04. The molecular weight excluding hydrogens is 274 g/mol. The molecule has 0 saturated heterocycles. The number of aryl methyl sites for hydroxylation is 2. The first kappa shape index (κ1) is 12.9. The highest BCUT2D eigenvalue weighted by atomic mass is 35.5. The van der Waals surface area contributed by atoms with E-state index >= 15 is 0 Å². The molecule has 4 nitrogen and oxygen atoms in total. The Labute approximate surface area is 122 Å². The SMILES string of the molecule is Cc1nn(C)c(Oc2cccc3ncccc23)c1CCl. The van der Waals surface area contributed by atoms with Crippen molar-refractivity contribution < 1.29 is 4.74 Å². The fourth-order valence-corrected chi connectivity index (χ4v) is 2.54. The molecule has 0 unspecified atom stereocenters. The molecule has 0 N–H and O–H groups in total. The van der Waals surface area contributed by atoms with Crippen LogP contribution in [0.1, 0.15) is 11.3 Å². The topological polar surface area (TPSA) is 39.9 Å². The summed E-state index contributed by atoms with van der Waals surface area (Å²) in [4.78, 5) is 4.33. The van der Waals surface area contributed by atoms with Gasteiger partial charge >= 0.3 is 0 Å². The van der Waals surface area contributed by atoms with Crippen LogP contribution in [-0.2, 0) is 12.9 Å². The highest BCUT2D eigenvalue weighted by Gasteiger charge is 2.15. The molecule has 0 aliphatic rings. The maximum Gasteiger partial charge on any atom is 0.222 e. The monoisotopic (exact) mass is 287 g/mol. The van der Waals surface area contributed by atoms with E-state index in [1.165, 1.54) is 0 Å². The normalized spacial score (nSPS) is 10.9. The lowest BCUT2D eigenvalue weighted by Gasteiger charge is -2.09. The summed E-state index contributed by atoms with van der Waals surface area (Å²) in [5, 5.41) is 5.32. The van der Waals surface area contributed by atoms with Gasteiger partial charge in [0, 0.05) is 18.6 Å². The Morgan fingerprint density at radius 2 is 2.10 bits per heavy atom. The second-order valence-corrected chi connectivity index (χ2v) is 4.82. The van der Waals surface area contributed by atoms with E-state index in [2.05, 4.69) is 10.1 Å². The average molecular weight is 288 g/mol. The highest BCUT2D eigenvalue weighted by Crippen LogP contribution is 2.32. The van der Waals surface area contributed by atoms with Gasteiger partial charge in [-0.3, -0.25) is 4.98 Å². The summed E-state index contributed by atoms with van der Waals surface area (Å²) in [7, 11) is 1.85. The van der Waals surface area contributed by atoms with Gasteiger partial charge in [-0.05, 0) is 31.2 Å². The molecule has 0 atom stereocenters. The lowest BCUT2D eigenvalue weighted by Crippen LogP contribution is -1.97. The Hall–Kier alpha value is -2.07. The quantitative estimate of drug-likeness (QED) is 0.688. The van der Waals surface area contributed by atoms with Crippen LogP contribution in [0.5, 0.6) is 11.6 Å². The molecule has 0 fully saturated rings. The molecule has 0 amide bonds. The van der Waals surface area contributed by atoms with E-state index in [0.29, 0.717) is 11.8 Å². The van der Waals surface area contributed by atoms with Gasteiger partial charge in [-0.2, -0.15) is 5.10 Å².